The molecule has 0 saturated heterocycles. The largest absolute Gasteiger partial charge is 0.508 e. The van der Waals surface area contributed by atoms with Crippen molar-refractivity contribution in [2.45, 2.75) is 9.79 Å². The summed E-state index contributed by atoms with van der Waals surface area (Å²) in [6.07, 6.45) is 0. The van der Waals surface area contributed by atoms with Gasteiger partial charge < -0.3 is 15.6 Å². The molecule has 1 amide bonds. The predicted octanol–water partition coefficient (Wildman–Crippen LogP) is 3.96. The molecule has 1 heterocycles. The molecule has 0 spiro atoms. The number of hydrogen-bond donors (Lipinski definition) is 2. The Bertz CT molecular complexity index is 1040. The van der Waals surface area contributed by atoms with Crippen LogP contribution >= 0.6 is 11.8 Å². The van der Waals surface area contributed by atoms with Crippen molar-refractivity contribution in [3.8, 4) is 5.75 Å². The average Bonchev–Trinajstić information content (AvgIpc) is 2.71. The van der Waals surface area contributed by atoms with Gasteiger partial charge in [-0.1, -0.05) is 36.0 Å². The van der Waals surface area contributed by atoms with Gasteiger partial charge in [0, 0.05) is 15.5 Å². The number of esters is 1. The van der Waals surface area contributed by atoms with E-state index in [2.05, 4.69) is 0 Å². The Morgan fingerprint density at radius 2 is 1.57 bits per heavy atom. The summed E-state index contributed by atoms with van der Waals surface area (Å²) in [5.74, 6) is -1.26. The van der Waals surface area contributed by atoms with Crippen LogP contribution in [-0.2, 0) is 9.53 Å². The number of para-hydroxylation sites is 2. The normalized spacial score (nSPS) is 12.1. The fourth-order valence-corrected chi connectivity index (χ4v) is 4.02. The van der Waals surface area contributed by atoms with E-state index in [1.807, 2.05) is 48.5 Å². The number of carbonyl (C=O) groups is 2. The van der Waals surface area contributed by atoms with Crippen molar-refractivity contribution >= 4 is 40.7 Å². The lowest BCUT2D eigenvalue weighted by Gasteiger charge is -2.30. The third-order valence-corrected chi connectivity index (χ3v) is 5.40. The maximum atomic E-state index is 13.0. The summed E-state index contributed by atoms with van der Waals surface area (Å²) in [7, 11) is 0. The fourth-order valence-electron chi connectivity index (χ4n) is 2.96. The third kappa shape index (κ3) is 3.27. The summed E-state index contributed by atoms with van der Waals surface area (Å²) in [6.45, 7) is -0.457. The molecule has 1 aliphatic heterocycles. The minimum Gasteiger partial charge on any atom is -0.508 e. The summed E-state index contributed by atoms with van der Waals surface area (Å²) >= 11 is 1.58. The number of nitrogen functional groups attached to an aromatic ring is 1. The number of nitrogens with zero attached hydrogens (tertiary/aromatic N) is 1. The molecule has 3 N–H and O–H groups in total. The Hall–Kier alpha value is -3.45. The summed E-state index contributed by atoms with van der Waals surface area (Å²) in [5.41, 5.74) is 7.42. The number of carbonyl (C=O) groups excluding carboxylic acids is 2. The maximum Gasteiger partial charge on any atom is 0.340 e. The Morgan fingerprint density at radius 1 is 0.964 bits per heavy atom. The number of benzene rings is 3. The molecule has 0 aromatic heterocycles. The summed E-state index contributed by atoms with van der Waals surface area (Å²) in [4.78, 5) is 28.7. The van der Waals surface area contributed by atoms with Crippen molar-refractivity contribution in [3.63, 3.8) is 0 Å². The minimum atomic E-state index is -0.769. The first kappa shape index (κ1) is 17.9. The van der Waals surface area contributed by atoms with Gasteiger partial charge in [0.25, 0.3) is 5.91 Å². The second-order valence-electron chi connectivity index (χ2n) is 6.11. The number of hydrogen-bond acceptors (Lipinski definition) is 6. The van der Waals surface area contributed by atoms with Crippen molar-refractivity contribution in [1.82, 2.24) is 0 Å². The monoisotopic (exact) mass is 392 g/mol. The molecule has 140 valence electrons. The highest BCUT2D eigenvalue weighted by atomic mass is 32.2. The summed E-state index contributed by atoms with van der Waals surface area (Å²) in [5, 5.41) is 9.55. The van der Waals surface area contributed by atoms with Gasteiger partial charge in [-0.05, 0) is 42.5 Å². The number of rotatable bonds is 3. The number of amides is 1. The fraction of sp³-hybridized carbons (Fsp3) is 0.0476. The van der Waals surface area contributed by atoms with E-state index in [1.54, 1.807) is 16.7 Å². The molecule has 0 bridgehead atoms. The first-order valence-corrected chi connectivity index (χ1v) is 9.31. The van der Waals surface area contributed by atoms with Crippen LogP contribution < -0.4 is 10.6 Å². The lowest BCUT2D eigenvalue weighted by molar-refractivity contribution is -0.121. The Kier molecular flexibility index (Phi) is 4.67. The van der Waals surface area contributed by atoms with Gasteiger partial charge in [0.2, 0.25) is 0 Å². The van der Waals surface area contributed by atoms with E-state index < -0.39 is 12.6 Å². The van der Waals surface area contributed by atoms with Crippen molar-refractivity contribution in [3.05, 3.63) is 72.3 Å². The third-order valence-electron chi connectivity index (χ3n) is 4.27. The van der Waals surface area contributed by atoms with Crippen molar-refractivity contribution in [2.75, 3.05) is 17.2 Å². The summed E-state index contributed by atoms with van der Waals surface area (Å²) in [6, 6.07) is 19.1. The van der Waals surface area contributed by atoms with Gasteiger partial charge in [-0.25, -0.2) is 4.79 Å². The number of phenols is 1. The quantitative estimate of drug-likeness (QED) is 0.398. The van der Waals surface area contributed by atoms with Crippen LogP contribution in [0.5, 0.6) is 5.75 Å². The second kappa shape index (κ2) is 7.28. The molecule has 0 atom stereocenters. The van der Waals surface area contributed by atoms with E-state index in [0.717, 1.165) is 21.2 Å². The van der Waals surface area contributed by atoms with E-state index in [-0.39, 0.29) is 22.9 Å². The molecular formula is C21H16N2O4S. The molecule has 3 aromatic rings. The molecule has 28 heavy (non-hydrogen) atoms. The van der Waals surface area contributed by atoms with E-state index >= 15 is 0 Å². The first-order valence-electron chi connectivity index (χ1n) is 8.49. The molecule has 0 radical (unpaired) electrons. The maximum absolute atomic E-state index is 13.0. The van der Waals surface area contributed by atoms with Crippen LogP contribution in [0.2, 0.25) is 0 Å². The van der Waals surface area contributed by atoms with Crippen LogP contribution in [0.4, 0.5) is 17.1 Å². The van der Waals surface area contributed by atoms with Crippen LogP contribution in [0.25, 0.3) is 0 Å². The smallest absolute Gasteiger partial charge is 0.340 e. The zero-order chi connectivity index (χ0) is 19.7. The van der Waals surface area contributed by atoms with Gasteiger partial charge in [-0.15, -0.1) is 0 Å². The molecule has 0 unspecified atom stereocenters. The van der Waals surface area contributed by atoms with Crippen LogP contribution in [-0.4, -0.2) is 23.6 Å². The zero-order valence-corrected chi connectivity index (χ0v) is 15.5. The average molecular weight is 392 g/mol. The predicted molar refractivity (Wildman–Crippen MR) is 107 cm³/mol. The molecule has 6 nitrogen and oxygen atoms in total. The van der Waals surface area contributed by atoms with Crippen molar-refractivity contribution < 1.29 is 19.4 Å². The van der Waals surface area contributed by atoms with Gasteiger partial charge >= 0.3 is 5.97 Å². The highest BCUT2D eigenvalue weighted by molar-refractivity contribution is 7.99. The standard InChI is InChI=1S/C21H16N2O4S/c22-15-10-9-13(24)11-14(15)21(26)27-12-20(25)23-16-5-1-3-7-18(16)28-19-8-4-2-6-17(19)23/h1-11,24H,12,22H2. The molecule has 4 rings (SSSR count). The lowest BCUT2D eigenvalue weighted by atomic mass is 10.2. The highest BCUT2D eigenvalue weighted by Crippen LogP contribution is 2.47. The lowest BCUT2D eigenvalue weighted by Crippen LogP contribution is -2.32. The molecule has 7 heteroatoms. The molecule has 3 aromatic carbocycles. The van der Waals surface area contributed by atoms with Gasteiger partial charge in [0.15, 0.2) is 6.61 Å². The molecule has 1 aliphatic rings. The highest BCUT2D eigenvalue weighted by Gasteiger charge is 2.28. The number of fused-ring (bicyclic) bond motifs is 2. The first-order chi connectivity index (χ1) is 13.5. The summed E-state index contributed by atoms with van der Waals surface area (Å²) < 4.78 is 5.18. The number of anilines is 3. The topological polar surface area (TPSA) is 92.9 Å². The number of phenolic OH excluding ortho intramolecular Hbond substituents is 1. The Balaban J connectivity index is 1.59. The van der Waals surface area contributed by atoms with E-state index in [9.17, 15) is 14.7 Å². The minimum absolute atomic E-state index is 0.0165. The number of aromatic hydroxyl groups is 1. The van der Waals surface area contributed by atoms with Crippen LogP contribution in [0, 0.1) is 0 Å². The Morgan fingerprint density at radius 3 is 2.21 bits per heavy atom. The molecule has 0 saturated carbocycles. The second-order valence-corrected chi connectivity index (χ2v) is 7.20. The van der Waals surface area contributed by atoms with Gasteiger partial charge in [-0.2, -0.15) is 0 Å². The SMILES string of the molecule is Nc1ccc(O)cc1C(=O)OCC(=O)N1c2ccccc2Sc2ccccc21. The molecule has 0 fully saturated rings. The zero-order valence-electron chi connectivity index (χ0n) is 14.7. The van der Waals surface area contributed by atoms with Crippen LogP contribution in [0.1, 0.15) is 10.4 Å². The van der Waals surface area contributed by atoms with Crippen molar-refractivity contribution in [2.24, 2.45) is 0 Å². The number of ether oxygens (including phenoxy) is 1. The Labute approximate surface area is 165 Å². The van der Waals surface area contributed by atoms with Crippen LogP contribution in [0.15, 0.2) is 76.5 Å². The van der Waals surface area contributed by atoms with Crippen LogP contribution in [0.3, 0.4) is 0 Å². The van der Waals surface area contributed by atoms with Gasteiger partial charge in [-0.3, -0.25) is 9.69 Å². The number of nitrogens with two attached hydrogens (primary N) is 1. The molecular weight excluding hydrogens is 376 g/mol. The van der Waals surface area contributed by atoms with Gasteiger partial charge in [0.1, 0.15) is 5.75 Å². The van der Waals surface area contributed by atoms with E-state index in [1.165, 1.54) is 18.2 Å². The van der Waals surface area contributed by atoms with E-state index in [4.69, 9.17) is 10.5 Å². The van der Waals surface area contributed by atoms with Crippen molar-refractivity contribution in [1.29, 1.82) is 0 Å². The van der Waals surface area contributed by atoms with E-state index in [0.29, 0.717) is 0 Å². The van der Waals surface area contributed by atoms with Gasteiger partial charge in [0.05, 0.1) is 16.9 Å². The molecule has 0 aliphatic carbocycles.